The molecule has 0 aliphatic rings. The third-order valence-corrected chi connectivity index (χ3v) is 5.15. The van der Waals surface area contributed by atoms with Gasteiger partial charge in [0.2, 0.25) is 0 Å². The predicted octanol–water partition coefficient (Wildman–Crippen LogP) is 7.46. The predicted molar refractivity (Wildman–Crippen MR) is 101 cm³/mol. The topological polar surface area (TPSA) is 35.5 Å². The number of benzene rings is 2. The quantitative estimate of drug-likeness (QED) is 0.312. The van der Waals surface area contributed by atoms with Crippen LogP contribution in [-0.4, -0.2) is 13.1 Å². The van der Waals surface area contributed by atoms with E-state index in [2.05, 4.69) is 20.7 Å². The number of esters is 1. The Balaban J connectivity index is 2.33. The summed E-state index contributed by atoms with van der Waals surface area (Å²) in [6.07, 6.45) is -4.57. The van der Waals surface area contributed by atoms with Crippen LogP contribution in [0.1, 0.15) is 22.4 Å². The largest absolute Gasteiger partial charge is 0.469 e. The number of alkyl halides is 4. The second kappa shape index (κ2) is 8.90. The SMILES string of the molecule is COC(=O)CC(Br)c1cc(Oc2c(Cl)cc(C(F)(F)F)cc2Cl)ccc1Cl. The Labute approximate surface area is 176 Å². The van der Waals surface area contributed by atoms with Gasteiger partial charge in [0.05, 0.1) is 34.0 Å². The summed E-state index contributed by atoms with van der Waals surface area (Å²) >= 11 is 21.3. The minimum absolute atomic E-state index is 0.0153. The molecule has 146 valence electrons. The second-order valence-corrected chi connectivity index (χ2v) is 7.63. The summed E-state index contributed by atoms with van der Waals surface area (Å²) in [5.74, 6) is -0.348. The molecule has 0 amide bonds. The maximum absolute atomic E-state index is 12.8. The van der Waals surface area contributed by atoms with Gasteiger partial charge in [-0.15, -0.1) is 0 Å². The van der Waals surface area contributed by atoms with Crippen LogP contribution in [0.2, 0.25) is 15.1 Å². The van der Waals surface area contributed by atoms with Crippen molar-refractivity contribution in [1.29, 1.82) is 0 Å². The van der Waals surface area contributed by atoms with Gasteiger partial charge in [0.1, 0.15) is 5.75 Å². The van der Waals surface area contributed by atoms with Crippen LogP contribution in [0.15, 0.2) is 30.3 Å². The Hall–Kier alpha value is -1.15. The van der Waals surface area contributed by atoms with Crippen molar-refractivity contribution >= 4 is 56.7 Å². The van der Waals surface area contributed by atoms with E-state index in [1.165, 1.54) is 25.3 Å². The van der Waals surface area contributed by atoms with E-state index in [1.54, 1.807) is 0 Å². The van der Waals surface area contributed by atoms with Gasteiger partial charge in [-0.25, -0.2) is 0 Å². The van der Waals surface area contributed by atoms with E-state index >= 15 is 0 Å². The Kier molecular flexibility index (Phi) is 7.30. The van der Waals surface area contributed by atoms with Gasteiger partial charge in [-0.05, 0) is 35.9 Å². The van der Waals surface area contributed by atoms with Gasteiger partial charge in [-0.1, -0.05) is 50.7 Å². The summed E-state index contributed by atoms with van der Waals surface area (Å²) in [5, 5.41) is -0.231. The van der Waals surface area contributed by atoms with Gasteiger partial charge in [0, 0.05) is 5.02 Å². The van der Waals surface area contributed by atoms with E-state index in [-0.39, 0.29) is 28.0 Å². The van der Waals surface area contributed by atoms with Crippen LogP contribution in [0.5, 0.6) is 11.5 Å². The fraction of sp³-hybridized carbons (Fsp3) is 0.235. The van der Waals surface area contributed by atoms with Crippen LogP contribution < -0.4 is 4.74 Å². The van der Waals surface area contributed by atoms with Gasteiger partial charge < -0.3 is 9.47 Å². The number of hydrogen-bond acceptors (Lipinski definition) is 3. The minimum Gasteiger partial charge on any atom is -0.469 e. The molecule has 0 saturated heterocycles. The smallest absolute Gasteiger partial charge is 0.416 e. The van der Waals surface area contributed by atoms with Crippen LogP contribution in [-0.2, 0) is 15.7 Å². The molecule has 0 aliphatic carbocycles. The lowest BCUT2D eigenvalue weighted by Gasteiger charge is -2.15. The number of rotatable bonds is 5. The number of hydrogen-bond donors (Lipinski definition) is 0. The van der Waals surface area contributed by atoms with Crippen molar-refractivity contribution < 1.29 is 27.4 Å². The van der Waals surface area contributed by atoms with Crippen LogP contribution in [0.3, 0.4) is 0 Å². The summed E-state index contributed by atoms with van der Waals surface area (Å²) in [6.45, 7) is 0. The maximum Gasteiger partial charge on any atom is 0.416 e. The first-order chi connectivity index (χ1) is 12.5. The third kappa shape index (κ3) is 5.67. The molecule has 27 heavy (non-hydrogen) atoms. The molecule has 10 heteroatoms. The van der Waals surface area contributed by atoms with Gasteiger partial charge >= 0.3 is 12.1 Å². The molecular weight excluding hydrogens is 495 g/mol. The van der Waals surface area contributed by atoms with E-state index < -0.39 is 22.5 Å². The number of halogens is 7. The van der Waals surface area contributed by atoms with E-state index in [4.69, 9.17) is 39.5 Å². The first-order valence-electron chi connectivity index (χ1n) is 7.27. The number of methoxy groups -OCH3 is 1. The van der Waals surface area contributed by atoms with E-state index in [9.17, 15) is 18.0 Å². The van der Waals surface area contributed by atoms with E-state index in [0.717, 1.165) is 12.1 Å². The first-order valence-corrected chi connectivity index (χ1v) is 9.32. The lowest BCUT2D eigenvalue weighted by atomic mass is 10.1. The van der Waals surface area contributed by atoms with Gasteiger partial charge in [0.25, 0.3) is 0 Å². The molecule has 0 aliphatic heterocycles. The molecule has 0 spiro atoms. The molecule has 2 aromatic carbocycles. The summed E-state index contributed by atoms with van der Waals surface area (Å²) in [6, 6.07) is 5.99. The number of ether oxygens (including phenoxy) is 2. The Bertz CT molecular complexity index is 836. The van der Waals surface area contributed by atoms with Crippen molar-refractivity contribution in [1.82, 2.24) is 0 Å². The van der Waals surface area contributed by atoms with E-state index in [1.807, 2.05) is 0 Å². The molecule has 0 bridgehead atoms. The highest BCUT2D eigenvalue weighted by molar-refractivity contribution is 9.09. The Morgan fingerprint density at radius 1 is 1.11 bits per heavy atom. The number of carbonyl (C=O) groups is 1. The normalized spacial score (nSPS) is 12.6. The molecule has 0 radical (unpaired) electrons. The van der Waals surface area contributed by atoms with Crippen LogP contribution in [0.25, 0.3) is 0 Å². The zero-order valence-corrected chi connectivity index (χ0v) is 17.4. The molecule has 0 heterocycles. The van der Waals surface area contributed by atoms with Crippen molar-refractivity contribution in [3.05, 3.63) is 56.5 Å². The molecule has 3 nitrogen and oxygen atoms in total. The van der Waals surface area contributed by atoms with Gasteiger partial charge in [-0.3, -0.25) is 4.79 Å². The highest BCUT2D eigenvalue weighted by Gasteiger charge is 2.32. The minimum atomic E-state index is -4.59. The average Bonchev–Trinajstić information content (AvgIpc) is 2.58. The number of carbonyl (C=O) groups excluding carboxylic acids is 1. The van der Waals surface area contributed by atoms with Crippen molar-refractivity contribution in [2.45, 2.75) is 17.4 Å². The molecule has 1 atom stereocenters. The molecule has 2 aromatic rings. The average molecular weight is 507 g/mol. The zero-order valence-electron chi connectivity index (χ0n) is 13.5. The van der Waals surface area contributed by atoms with Crippen molar-refractivity contribution in [3.8, 4) is 11.5 Å². The van der Waals surface area contributed by atoms with Crippen molar-refractivity contribution in [2.75, 3.05) is 7.11 Å². The molecule has 0 aromatic heterocycles. The highest BCUT2D eigenvalue weighted by Crippen LogP contribution is 2.43. The summed E-state index contributed by atoms with van der Waals surface area (Å²) < 4.78 is 48.6. The van der Waals surface area contributed by atoms with Crippen molar-refractivity contribution in [2.24, 2.45) is 0 Å². The third-order valence-electron chi connectivity index (χ3n) is 3.42. The highest BCUT2D eigenvalue weighted by atomic mass is 79.9. The van der Waals surface area contributed by atoms with E-state index in [0.29, 0.717) is 10.6 Å². The molecule has 2 rings (SSSR count). The summed E-state index contributed by atoms with van der Waals surface area (Å²) in [7, 11) is 1.26. The first kappa shape index (κ1) is 22.1. The lowest BCUT2D eigenvalue weighted by Crippen LogP contribution is -2.05. The lowest BCUT2D eigenvalue weighted by molar-refractivity contribution is -0.140. The van der Waals surface area contributed by atoms with Gasteiger partial charge in [0.15, 0.2) is 5.75 Å². The summed E-state index contributed by atoms with van der Waals surface area (Å²) in [4.78, 5) is 11.0. The Morgan fingerprint density at radius 3 is 2.22 bits per heavy atom. The molecular formula is C17H11BrCl3F3O3. The monoisotopic (exact) mass is 504 g/mol. The Morgan fingerprint density at radius 2 is 1.70 bits per heavy atom. The maximum atomic E-state index is 12.8. The fourth-order valence-electron chi connectivity index (χ4n) is 2.10. The molecule has 0 saturated carbocycles. The molecule has 0 fully saturated rings. The second-order valence-electron chi connectivity index (χ2n) is 5.30. The van der Waals surface area contributed by atoms with Crippen molar-refractivity contribution in [3.63, 3.8) is 0 Å². The standard InChI is InChI=1S/C17H11BrCl3F3O3/c1-26-15(25)7-11(18)10-6-9(2-3-12(10)19)27-16-13(20)4-8(5-14(16)21)17(22,23)24/h2-6,11H,7H2,1H3. The summed E-state index contributed by atoms with van der Waals surface area (Å²) in [5.41, 5.74) is -0.459. The van der Waals surface area contributed by atoms with Crippen LogP contribution >= 0.6 is 50.7 Å². The van der Waals surface area contributed by atoms with Crippen LogP contribution in [0, 0.1) is 0 Å². The zero-order chi connectivity index (χ0) is 20.4. The van der Waals surface area contributed by atoms with Gasteiger partial charge in [-0.2, -0.15) is 13.2 Å². The molecule has 1 unspecified atom stereocenters. The van der Waals surface area contributed by atoms with Crippen LogP contribution in [0.4, 0.5) is 13.2 Å². The molecule has 0 N–H and O–H groups in total. The fourth-order valence-corrected chi connectivity index (χ4v) is 3.69.